The van der Waals surface area contributed by atoms with Crippen LogP contribution in [0.1, 0.15) is 34.7 Å². The van der Waals surface area contributed by atoms with Gasteiger partial charge < -0.3 is 14.2 Å². The van der Waals surface area contributed by atoms with Crippen LogP contribution < -0.4 is 14.2 Å². The minimum atomic E-state index is -0.410. The van der Waals surface area contributed by atoms with Crippen LogP contribution in [0.3, 0.4) is 0 Å². The second kappa shape index (κ2) is 7.28. The smallest absolute Gasteiger partial charge is 0.217 e. The Hall–Kier alpha value is -2.70. The number of hydrogen-bond acceptors (Lipinski definition) is 6. The third-order valence-corrected chi connectivity index (χ3v) is 6.42. The summed E-state index contributed by atoms with van der Waals surface area (Å²) >= 11 is 7.99. The van der Waals surface area contributed by atoms with E-state index >= 15 is 0 Å². The van der Waals surface area contributed by atoms with Crippen LogP contribution in [-0.4, -0.2) is 24.9 Å². The van der Waals surface area contributed by atoms with E-state index in [9.17, 15) is 0 Å². The molecule has 2 atom stereocenters. The van der Waals surface area contributed by atoms with Crippen LogP contribution in [0.4, 0.5) is 0 Å². The lowest BCUT2D eigenvalue weighted by molar-refractivity contribution is -0.0203. The summed E-state index contributed by atoms with van der Waals surface area (Å²) in [5.74, 6) is 2.25. The van der Waals surface area contributed by atoms with Crippen molar-refractivity contribution in [3.63, 3.8) is 0 Å². The fourth-order valence-electron chi connectivity index (χ4n) is 3.88. The summed E-state index contributed by atoms with van der Waals surface area (Å²) in [7, 11) is 3.29. The molecule has 2 unspecified atom stereocenters. The van der Waals surface area contributed by atoms with Crippen molar-refractivity contribution < 1.29 is 14.2 Å². The minimum Gasteiger partial charge on any atom is -0.497 e. The molecule has 0 aliphatic carbocycles. The normalized spacial score (nSPS) is 19.8. The topological polar surface area (TPSA) is 43.3 Å². The molecule has 1 aromatic heterocycles. The molecule has 0 saturated heterocycles. The van der Waals surface area contributed by atoms with Crippen molar-refractivity contribution in [1.29, 1.82) is 0 Å². The van der Waals surface area contributed by atoms with E-state index in [2.05, 4.69) is 11.4 Å². The van der Waals surface area contributed by atoms with Gasteiger partial charge in [0, 0.05) is 23.1 Å². The van der Waals surface area contributed by atoms with E-state index in [1.165, 1.54) is 4.88 Å². The molecule has 3 aromatic rings. The first-order valence-corrected chi connectivity index (χ1v) is 10.5. The molecule has 0 amide bonds. The summed E-state index contributed by atoms with van der Waals surface area (Å²) in [6, 6.07) is 15.7. The van der Waals surface area contributed by atoms with Gasteiger partial charge in [-0.15, -0.1) is 11.3 Å². The summed E-state index contributed by atoms with van der Waals surface area (Å²) in [5.41, 5.74) is 3.01. The van der Waals surface area contributed by atoms with Gasteiger partial charge in [-0.05, 0) is 41.8 Å². The van der Waals surface area contributed by atoms with Crippen LogP contribution in [0, 0.1) is 0 Å². The molecule has 2 aromatic carbocycles. The first-order valence-electron chi connectivity index (χ1n) is 9.25. The number of halogens is 1. The number of ether oxygens (including phenoxy) is 3. The number of hydrazone groups is 1. The van der Waals surface area contributed by atoms with Gasteiger partial charge >= 0.3 is 0 Å². The van der Waals surface area contributed by atoms with Crippen molar-refractivity contribution in [2.45, 2.75) is 18.7 Å². The number of hydrogen-bond donors (Lipinski definition) is 0. The van der Waals surface area contributed by atoms with E-state index < -0.39 is 6.23 Å². The van der Waals surface area contributed by atoms with Crippen molar-refractivity contribution in [1.82, 2.24) is 5.01 Å². The monoisotopic (exact) mass is 426 g/mol. The fourth-order valence-corrected chi connectivity index (χ4v) is 4.78. The molecule has 2 aliphatic heterocycles. The van der Waals surface area contributed by atoms with Crippen LogP contribution in [0.15, 0.2) is 59.0 Å². The summed E-state index contributed by atoms with van der Waals surface area (Å²) < 4.78 is 17.4. The van der Waals surface area contributed by atoms with Gasteiger partial charge in [0.1, 0.15) is 17.2 Å². The zero-order valence-corrected chi connectivity index (χ0v) is 17.5. The molecule has 0 fully saturated rings. The van der Waals surface area contributed by atoms with E-state index in [4.69, 9.17) is 30.9 Å². The highest BCUT2D eigenvalue weighted by Crippen LogP contribution is 2.49. The Bertz CT molecular complexity index is 1080. The Balaban J connectivity index is 1.63. The summed E-state index contributed by atoms with van der Waals surface area (Å²) in [4.78, 5) is 1.17. The second-order valence-electron chi connectivity index (χ2n) is 6.88. The highest BCUT2D eigenvalue weighted by molar-refractivity contribution is 7.12. The highest BCUT2D eigenvalue weighted by atomic mass is 35.5. The predicted molar refractivity (Wildman–Crippen MR) is 114 cm³/mol. The Kier molecular flexibility index (Phi) is 4.60. The van der Waals surface area contributed by atoms with Gasteiger partial charge in [0.2, 0.25) is 6.23 Å². The first-order chi connectivity index (χ1) is 14.2. The molecule has 148 valence electrons. The van der Waals surface area contributed by atoms with Crippen LogP contribution >= 0.6 is 22.9 Å². The van der Waals surface area contributed by atoms with E-state index in [0.29, 0.717) is 10.8 Å². The van der Waals surface area contributed by atoms with Crippen molar-refractivity contribution in [3.8, 4) is 17.2 Å². The number of thiophene rings is 1. The van der Waals surface area contributed by atoms with Gasteiger partial charge in [-0.3, -0.25) is 0 Å². The van der Waals surface area contributed by atoms with Crippen LogP contribution in [-0.2, 0) is 0 Å². The molecular weight excluding hydrogens is 408 g/mol. The van der Waals surface area contributed by atoms with Crippen molar-refractivity contribution in [2.24, 2.45) is 5.10 Å². The van der Waals surface area contributed by atoms with Gasteiger partial charge in [-0.25, -0.2) is 5.01 Å². The van der Waals surface area contributed by atoms with E-state index in [-0.39, 0.29) is 6.04 Å². The van der Waals surface area contributed by atoms with Gasteiger partial charge in [-0.2, -0.15) is 5.10 Å². The molecule has 0 radical (unpaired) electrons. The summed E-state index contributed by atoms with van der Waals surface area (Å²) in [6.07, 6.45) is 0.388. The number of nitrogens with zero attached hydrogens (tertiary/aromatic N) is 2. The quantitative estimate of drug-likeness (QED) is 0.539. The molecule has 7 heteroatoms. The molecule has 2 aliphatic rings. The Morgan fingerprint density at radius 1 is 1.10 bits per heavy atom. The SMILES string of the molecule is COc1ccc(C2Oc3ccc(Cl)cc3C3CC(c4cccs4)=NN32)c(OC)c1. The standard InChI is InChI=1S/C22H19ClN2O3S/c1-26-14-6-7-15(20(11-14)27-2)22-25-18(12-17(24-25)21-4-3-9-29-21)16-10-13(23)5-8-19(16)28-22/h3-11,18,22H,12H2,1-2H3. The minimum absolute atomic E-state index is 0.0476. The third-order valence-electron chi connectivity index (χ3n) is 5.26. The van der Waals surface area contributed by atoms with Crippen LogP contribution in [0.2, 0.25) is 5.02 Å². The maximum Gasteiger partial charge on any atom is 0.217 e. The first kappa shape index (κ1) is 18.3. The zero-order chi connectivity index (χ0) is 20.0. The lowest BCUT2D eigenvalue weighted by Crippen LogP contribution is -2.34. The second-order valence-corrected chi connectivity index (χ2v) is 8.27. The summed E-state index contributed by atoms with van der Waals surface area (Å²) in [6.45, 7) is 0. The molecule has 0 bridgehead atoms. The van der Waals surface area contributed by atoms with E-state index in [1.807, 2.05) is 47.5 Å². The lowest BCUT2D eigenvalue weighted by Gasteiger charge is -2.38. The maximum absolute atomic E-state index is 6.41. The Morgan fingerprint density at radius 2 is 2.00 bits per heavy atom. The molecule has 5 nitrogen and oxygen atoms in total. The number of fused-ring (bicyclic) bond motifs is 3. The summed E-state index contributed by atoms with van der Waals surface area (Å²) in [5, 5.41) is 9.75. The number of methoxy groups -OCH3 is 2. The fraction of sp³-hybridized carbons (Fsp3) is 0.227. The maximum atomic E-state index is 6.41. The lowest BCUT2D eigenvalue weighted by atomic mass is 9.97. The number of benzene rings is 2. The molecule has 0 N–H and O–H groups in total. The molecule has 0 saturated carbocycles. The predicted octanol–water partition coefficient (Wildman–Crippen LogP) is 5.66. The molecule has 0 spiro atoms. The van der Waals surface area contributed by atoms with Crippen LogP contribution in [0.5, 0.6) is 17.2 Å². The van der Waals surface area contributed by atoms with E-state index in [1.54, 1.807) is 25.6 Å². The highest BCUT2D eigenvalue weighted by Gasteiger charge is 2.42. The largest absolute Gasteiger partial charge is 0.497 e. The molecular formula is C22H19ClN2O3S. The van der Waals surface area contributed by atoms with Gasteiger partial charge in [0.15, 0.2) is 0 Å². The molecule has 5 rings (SSSR count). The Morgan fingerprint density at radius 3 is 2.76 bits per heavy atom. The molecule has 3 heterocycles. The van der Waals surface area contributed by atoms with Gasteiger partial charge in [0.25, 0.3) is 0 Å². The Labute approximate surface area is 178 Å². The van der Waals surface area contributed by atoms with Crippen molar-refractivity contribution in [3.05, 3.63) is 74.9 Å². The van der Waals surface area contributed by atoms with Crippen molar-refractivity contribution >= 4 is 28.6 Å². The molecule has 29 heavy (non-hydrogen) atoms. The van der Waals surface area contributed by atoms with Gasteiger partial charge in [-0.1, -0.05) is 17.7 Å². The van der Waals surface area contributed by atoms with Crippen molar-refractivity contribution in [2.75, 3.05) is 14.2 Å². The zero-order valence-electron chi connectivity index (χ0n) is 16.0. The van der Waals surface area contributed by atoms with E-state index in [0.717, 1.165) is 34.8 Å². The average Bonchev–Trinajstić information content (AvgIpc) is 3.43. The average molecular weight is 427 g/mol. The van der Waals surface area contributed by atoms with Gasteiger partial charge in [0.05, 0.1) is 36.4 Å². The van der Waals surface area contributed by atoms with Crippen LogP contribution in [0.25, 0.3) is 0 Å². The third kappa shape index (κ3) is 3.12. The number of rotatable bonds is 4.